The van der Waals surface area contributed by atoms with E-state index in [2.05, 4.69) is 10.2 Å². The van der Waals surface area contributed by atoms with Crippen LogP contribution in [0, 0.1) is 0 Å². The molecule has 2 aromatic rings. The molecule has 1 aromatic heterocycles. The van der Waals surface area contributed by atoms with Gasteiger partial charge in [0.1, 0.15) is 4.90 Å². The summed E-state index contributed by atoms with van der Waals surface area (Å²) in [5, 5.41) is 5.24. The van der Waals surface area contributed by atoms with Gasteiger partial charge >= 0.3 is 6.18 Å². The zero-order valence-electron chi connectivity index (χ0n) is 9.57. The topological polar surface area (TPSA) is 74.8 Å². The summed E-state index contributed by atoms with van der Waals surface area (Å²) < 4.78 is 63.6. The lowest BCUT2D eigenvalue weighted by Crippen LogP contribution is -2.13. The number of hydrogen-bond donors (Lipinski definition) is 2. The molecule has 0 aliphatic carbocycles. The minimum absolute atomic E-state index is 0.194. The SMILES string of the molecule is O=S(=O)(Nc1ccc(Cl)c(C(F)(F)F)c1)c1cn[nH]c1. The van der Waals surface area contributed by atoms with E-state index in [1.54, 1.807) is 0 Å². The van der Waals surface area contributed by atoms with Gasteiger partial charge in [-0.25, -0.2) is 8.42 Å². The number of nitrogens with zero attached hydrogens (tertiary/aromatic N) is 1. The lowest BCUT2D eigenvalue weighted by atomic mass is 10.2. The molecule has 0 spiro atoms. The van der Waals surface area contributed by atoms with E-state index in [1.807, 2.05) is 4.72 Å². The fourth-order valence-electron chi connectivity index (χ4n) is 1.41. The molecule has 1 aromatic carbocycles. The summed E-state index contributed by atoms with van der Waals surface area (Å²) >= 11 is 5.44. The molecule has 10 heteroatoms. The molecule has 0 saturated heterocycles. The van der Waals surface area contributed by atoms with Gasteiger partial charge in [-0.05, 0) is 18.2 Å². The van der Waals surface area contributed by atoms with Crippen LogP contribution in [0.4, 0.5) is 18.9 Å². The molecule has 0 aliphatic heterocycles. The van der Waals surface area contributed by atoms with Gasteiger partial charge < -0.3 is 0 Å². The molecule has 108 valence electrons. The van der Waals surface area contributed by atoms with Crippen molar-refractivity contribution < 1.29 is 21.6 Å². The highest BCUT2D eigenvalue weighted by Gasteiger charge is 2.33. The van der Waals surface area contributed by atoms with E-state index in [-0.39, 0.29) is 10.6 Å². The van der Waals surface area contributed by atoms with E-state index in [1.165, 1.54) is 0 Å². The first-order valence-electron chi connectivity index (χ1n) is 5.08. The van der Waals surface area contributed by atoms with Crippen LogP contribution >= 0.6 is 11.6 Å². The third-order valence-corrected chi connectivity index (χ3v) is 3.99. The summed E-state index contributed by atoms with van der Waals surface area (Å²) in [6, 6.07) is 2.73. The summed E-state index contributed by atoms with van der Waals surface area (Å²) in [5.41, 5.74) is -1.37. The normalized spacial score (nSPS) is 12.4. The first kappa shape index (κ1) is 14.7. The number of hydrogen-bond acceptors (Lipinski definition) is 3. The third kappa shape index (κ3) is 3.05. The van der Waals surface area contributed by atoms with E-state index >= 15 is 0 Å². The Balaban J connectivity index is 2.36. The maximum absolute atomic E-state index is 12.7. The van der Waals surface area contributed by atoms with E-state index < -0.39 is 26.8 Å². The first-order valence-corrected chi connectivity index (χ1v) is 6.94. The van der Waals surface area contributed by atoms with Crippen molar-refractivity contribution in [2.45, 2.75) is 11.1 Å². The highest BCUT2D eigenvalue weighted by molar-refractivity contribution is 7.92. The highest BCUT2D eigenvalue weighted by atomic mass is 35.5. The van der Waals surface area contributed by atoms with Crippen molar-refractivity contribution in [3.63, 3.8) is 0 Å². The summed E-state index contributed by atoms with van der Waals surface area (Å²) in [6.45, 7) is 0. The summed E-state index contributed by atoms with van der Waals surface area (Å²) in [7, 11) is -4.00. The van der Waals surface area contributed by atoms with Crippen molar-refractivity contribution in [1.82, 2.24) is 10.2 Å². The minimum Gasteiger partial charge on any atom is -0.284 e. The van der Waals surface area contributed by atoms with E-state index in [4.69, 9.17) is 11.6 Å². The Labute approximate surface area is 116 Å². The van der Waals surface area contributed by atoms with Crippen LogP contribution in [0.2, 0.25) is 5.02 Å². The average molecular weight is 326 g/mol. The van der Waals surface area contributed by atoms with Crippen LogP contribution in [0.25, 0.3) is 0 Å². The van der Waals surface area contributed by atoms with Gasteiger partial charge in [-0.1, -0.05) is 11.6 Å². The minimum atomic E-state index is -4.67. The lowest BCUT2D eigenvalue weighted by molar-refractivity contribution is -0.137. The second kappa shape index (κ2) is 4.98. The molecule has 2 N–H and O–H groups in total. The van der Waals surface area contributed by atoms with E-state index in [9.17, 15) is 21.6 Å². The average Bonchev–Trinajstić information content (AvgIpc) is 2.84. The fourth-order valence-corrected chi connectivity index (χ4v) is 2.59. The molecular formula is C10H7ClF3N3O2S. The Morgan fingerprint density at radius 1 is 1.30 bits per heavy atom. The molecule has 0 atom stereocenters. The maximum atomic E-state index is 12.7. The number of anilines is 1. The fraction of sp³-hybridized carbons (Fsp3) is 0.100. The van der Waals surface area contributed by atoms with Crippen molar-refractivity contribution in [2.75, 3.05) is 4.72 Å². The maximum Gasteiger partial charge on any atom is 0.417 e. The Kier molecular flexibility index (Phi) is 3.65. The monoisotopic (exact) mass is 325 g/mol. The van der Waals surface area contributed by atoms with Crippen molar-refractivity contribution in [3.05, 3.63) is 41.2 Å². The van der Waals surface area contributed by atoms with Gasteiger partial charge in [-0.3, -0.25) is 9.82 Å². The van der Waals surface area contributed by atoms with Crippen LogP contribution in [0.15, 0.2) is 35.5 Å². The van der Waals surface area contributed by atoms with Crippen LogP contribution in [0.3, 0.4) is 0 Å². The van der Waals surface area contributed by atoms with Gasteiger partial charge in [0.15, 0.2) is 0 Å². The predicted octanol–water partition coefficient (Wildman–Crippen LogP) is 2.88. The van der Waals surface area contributed by atoms with Gasteiger partial charge in [0.05, 0.1) is 16.8 Å². The molecule has 0 bridgehead atoms. The molecule has 20 heavy (non-hydrogen) atoms. The second-order valence-corrected chi connectivity index (χ2v) is 5.82. The number of halogens is 4. The van der Waals surface area contributed by atoms with Gasteiger partial charge in [-0.2, -0.15) is 18.3 Å². The Morgan fingerprint density at radius 3 is 2.55 bits per heavy atom. The molecule has 0 aliphatic rings. The van der Waals surface area contributed by atoms with E-state index in [0.29, 0.717) is 6.07 Å². The van der Waals surface area contributed by atoms with Crippen molar-refractivity contribution in [2.24, 2.45) is 0 Å². The van der Waals surface area contributed by atoms with E-state index in [0.717, 1.165) is 24.5 Å². The Bertz CT molecular complexity index is 714. The first-order chi connectivity index (χ1) is 9.20. The van der Waals surface area contributed by atoms with Crippen LogP contribution < -0.4 is 4.72 Å². The van der Waals surface area contributed by atoms with Crippen LogP contribution in [0.5, 0.6) is 0 Å². The number of benzene rings is 1. The highest BCUT2D eigenvalue weighted by Crippen LogP contribution is 2.36. The molecular weight excluding hydrogens is 319 g/mol. The molecule has 1 heterocycles. The number of H-pyrrole nitrogens is 1. The molecule has 0 amide bonds. The van der Waals surface area contributed by atoms with Gasteiger partial charge in [0.25, 0.3) is 10.0 Å². The van der Waals surface area contributed by atoms with Crippen LogP contribution in [-0.4, -0.2) is 18.6 Å². The standard InChI is InChI=1S/C10H7ClF3N3O2S/c11-9-2-1-6(3-8(9)10(12,13)14)17-20(18,19)7-4-15-16-5-7/h1-5,17H,(H,15,16). The molecule has 2 rings (SSSR count). The second-order valence-electron chi connectivity index (χ2n) is 3.73. The van der Waals surface area contributed by atoms with Crippen molar-refractivity contribution in [1.29, 1.82) is 0 Å². The number of rotatable bonds is 3. The zero-order chi connectivity index (χ0) is 15.0. The number of aromatic amines is 1. The van der Waals surface area contributed by atoms with Crippen LogP contribution in [-0.2, 0) is 16.2 Å². The zero-order valence-corrected chi connectivity index (χ0v) is 11.1. The number of alkyl halides is 3. The van der Waals surface area contributed by atoms with Crippen LogP contribution in [0.1, 0.15) is 5.56 Å². The number of aromatic nitrogens is 2. The van der Waals surface area contributed by atoms with Gasteiger partial charge in [0.2, 0.25) is 0 Å². The summed E-state index contributed by atoms with van der Waals surface area (Å²) in [6.07, 6.45) is -2.54. The molecule has 0 radical (unpaired) electrons. The largest absolute Gasteiger partial charge is 0.417 e. The summed E-state index contributed by atoms with van der Waals surface area (Å²) in [5.74, 6) is 0. The molecule has 0 saturated carbocycles. The summed E-state index contributed by atoms with van der Waals surface area (Å²) in [4.78, 5) is -0.194. The van der Waals surface area contributed by atoms with Crippen molar-refractivity contribution in [3.8, 4) is 0 Å². The predicted molar refractivity (Wildman–Crippen MR) is 65.9 cm³/mol. The molecule has 0 unspecified atom stereocenters. The van der Waals surface area contributed by atoms with Crippen molar-refractivity contribution >= 4 is 27.3 Å². The molecule has 0 fully saturated rings. The Morgan fingerprint density at radius 2 is 2.00 bits per heavy atom. The lowest BCUT2D eigenvalue weighted by Gasteiger charge is -2.12. The quantitative estimate of drug-likeness (QED) is 0.911. The smallest absolute Gasteiger partial charge is 0.284 e. The molecule has 5 nitrogen and oxygen atoms in total. The Hall–Kier alpha value is -1.74. The van der Waals surface area contributed by atoms with Gasteiger partial charge in [-0.15, -0.1) is 0 Å². The third-order valence-electron chi connectivity index (χ3n) is 2.31. The number of sulfonamides is 1. The van der Waals surface area contributed by atoms with Gasteiger partial charge in [0, 0.05) is 11.9 Å². The number of nitrogens with one attached hydrogen (secondary N) is 2.